The van der Waals surface area contributed by atoms with E-state index < -0.39 is 0 Å². The molecule has 3 rings (SSSR count). The Bertz CT molecular complexity index is 568. The standard InChI is InChI=1S/C12H18N6O/c13-16-10-7-18-5-3-14-11(18)12(15-10)17-4-1-2-9(6-17)8-19/h3,5,7,9,16,19H,1-2,4,6,8,13H2. The van der Waals surface area contributed by atoms with E-state index in [9.17, 15) is 5.11 Å². The molecule has 0 radical (unpaired) electrons. The second kappa shape index (κ2) is 5.02. The van der Waals surface area contributed by atoms with Gasteiger partial charge in [-0.15, -0.1) is 0 Å². The first-order valence-corrected chi connectivity index (χ1v) is 6.48. The highest BCUT2D eigenvalue weighted by molar-refractivity contribution is 5.66. The molecular formula is C12H18N6O. The summed E-state index contributed by atoms with van der Waals surface area (Å²) in [4.78, 5) is 11.0. The summed E-state index contributed by atoms with van der Waals surface area (Å²) in [6.07, 6.45) is 7.54. The zero-order valence-corrected chi connectivity index (χ0v) is 10.7. The van der Waals surface area contributed by atoms with E-state index >= 15 is 0 Å². The number of hydrogen-bond acceptors (Lipinski definition) is 6. The van der Waals surface area contributed by atoms with Gasteiger partial charge in [-0.05, 0) is 18.8 Å². The molecule has 0 amide bonds. The molecule has 2 aromatic rings. The van der Waals surface area contributed by atoms with Crippen LogP contribution in [0.2, 0.25) is 0 Å². The lowest BCUT2D eigenvalue weighted by atomic mass is 9.99. The molecule has 1 unspecified atom stereocenters. The van der Waals surface area contributed by atoms with E-state index in [0.717, 1.165) is 37.4 Å². The van der Waals surface area contributed by atoms with Gasteiger partial charge in [0.15, 0.2) is 17.3 Å². The minimum absolute atomic E-state index is 0.218. The fourth-order valence-electron chi connectivity index (χ4n) is 2.60. The van der Waals surface area contributed by atoms with Crippen molar-refractivity contribution in [2.75, 3.05) is 30.0 Å². The van der Waals surface area contributed by atoms with E-state index in [1.165, 1.54) is 0 Å². The van der Waals surface area contributed by atoms with E-state index in [2.05, 4.69) is 20.3 Å². The maximum Gasteiger partial charge on any atom is 0.180 e. The van der Waals surface area contributed by atoms with Gasteiger partial charge in [-0.2, -0.15) is 0 Å². The van der Waals surface area contributed by atoms with Crippen LogP contribution < -0.4 is 16.2 Å². The van der Waals surface area contributed by atoms with E-state index in [-0.39, 0.29) is 6.61 Å². The molecule has 102 valence electrons. The van der Waals surface area contributed by atoms with E-state index in [4.69, 9.17) is 5.84 Å². The summed E-state index contributed by atoms with van der Waals surface area (Å²) in [5.74, 6) is 7.18. The Morgan fingerprint density at radius 1 is 1.53 bits per heavy atom. The van der Waals surface area contributed by atoms with Gasteiger partial charge in [0.2, 0.25) is 0 Å². The van der Waals surface area contributed by atoms with Crippen LogP contribution in [0.15, 0.2) is 18.6 Å². The summed E-state index contributed by atoms with van der Waals surface area (Å²) < 4.78 is 1.90. The van der Waals surface area contributed by atoms with Crippen LogP contribution in [-0.4, -0.2) is 39.2 Å². The Hall–Kier alpha value is -1.86. The fraction of sp³-hybridized carbons (Fsp3) is 0.500. The van der Waals surface area contributed by atoms with Crippen LogP contribution in [0.25, 0.3) is 5.65 Å². The number of anilines is 2. The lowest BCUT2D eigenvalue weighted by molar-refractivity contribution is 0.208. The Morgan fingerprint density at radius 3 is 3.21 bits per heavy atom. The maximum atomic E-state index is 9.33. The summed E-state index contributed by atoms with van der Waals surface area (Å²) >= 11 is 0. The molecule has 0 bridgehead atoms. The number of aromatic nitrogens is 3. The van der Waals surface area contributed by atoms with Gasteiger partial charge in [-0.3, -0.25) is 0 Å². The van der Waals surface area contributed by atoms with Crippen LogP contribution in [0.5, 0.6) is 0 Å². The van der Waals surface area contributed by atoms with E-state index in [0.29, 0.717) is 11.7 Å². The van der Waals surface area contributed by atoms with Gasteiger partial charge in [0.05, 0.1) is 6.20 Å². The molecule has 7 heteroatoms. The number of hydrogen-bond donors (Lipinski definition) is 3. The second-order valence-electron chi connectivity index (χ2n) is 4.89. The predicted octanol–water partition coefficient (Wildman–Crippen LogP) is 0.224. The zero-order valence-electron chi connectivity index (χ0n) is 10.7. The average Bonchev–Trinajstić information content (AvgIpc) is 2.94. The van der Waals surface area contributed by atoms with Gasteiger partial charge in [0.25, 0.3) is 0 Å². The molecular weight excluding hydrogens is 244 g/mol. The highest BCUT2D eigenvalue weighted by Crippen LogP contribution is 2.25. The number of rotatable bonds is 3. The number of nitrogens with two attached hydrogens (primary N) is 1. The number of aliphatic hydroxyl groups excluding tert-OH is 1. The molecule has 0 saturated carbocycles. The summed E-state index contributed by atoms with van der Waals surface area (Å²) in [7, 11) is 0. The predicted molar refractivity (Wildman–Crippen MR) is 72.8 cm³/mol. The average molecular weight is 262 g/mol. The quantitative estimate of drug-likeness (QED) is 0.541. The highest BCUT2D eigenvalue weighted by Gasteiger charge is 2.23. The Labute approximate surface area is 111 Å². The molecule has 0 aromatic carbocycles. The molecule has 1 atom stereocenters. The number of nitrogens with one attached hydrogen (secondary N) is 1. The lowest BCUT2D eigenvalue weighted by Crippen LogP contribution is -2.37. The number of piperidine rings is 1. The summed E-state index contributed by atoms with van der Waals surface area (Å²) in [6.45, 7) is 1.95. The van der Waals surface area contributed by atoms with Crippen molar-refractivity contribution in [3.8, 4) is 0 Å². The highest BCUT2D eigenvalue weighted by atomic mass is 16.3. The maximum absolute atomic E-state index is 9.33. The third-order valence-electron chi connectivity index (χ3n) is 3.58. The van der Waals surface area contributed by atoms with Gasteiger partial charge in [-0.25, -0.2) is 15.8 Å². The molecule has 1 aliphatic rings. The van der Waals surface area contributed by atoms with Crippen molar-refractivity contribution in [1.82, 2.24) is 14.4 Å². The van der Waals surface area contributed by atoms with Crippen LogP contribution in [-0.2, 0) is 0 Å². The van der Waals surface area contributed by atoms with Gasteiger partial charge < -0.3 is 19.8 Å². The number of imidazole rings is 1. The Morgan fingerprint density at radius 2 is 2.42 bits per heavy atom. The monoisotopic (exact) mass is 262 g/mol. The van der Waals surface area contributed by atoms with E-state index in [1.54, 1.807) is 12.4 Å². The zero-order chi connectivity index (χ0) is 13.2. The lowest BCUT2D eigenvalue weighted by Gasteiger charge is -2.32. The topological polar surface area (TPSA) is 91.7 Å². The summed E-state index contributed by atoms with van der Waals surface area (Å²) in [5.41, 5.74) is 3.40. The first kappa shape index (κ1) is 12.2. The van der Waals surface area contributed by atoms with Crippen molar-refractivity contribution in [3.05, 3.63) is 18.6 Å². The van der Waals surface area contributed by atoms with Crippen LogP contribution in [0, 0.1) is 5.92 Å². The minimum Gasteiger partial charge on any atom is -0.396 e. The summed E-state index contributed by atoms with van der Waals surface area (Å²) in [6, 6.07) is 0. The van der Waals surface area contributed by atoms with Crippen molar-refractivity contribution >= 4 is 17.3 Å². The first-order chi connectivity index (χ1) is 9.31. The molecule has 0 aliphatic carbocycles. The Kier molecular flexibility index (Phi) is 3.22. The van der Waals surface area contributed by atoms with Crippen LogP contribution in [0.1, 0.15) is 12.8 Å². The number of nitrogens with zero attached hydrogens (tertiary/aromatic N) is 4. The normalized spacial score (nSPS) is 19.9. The third kappa shape index (κ3) is 2.22. The van der Waals surface area contributed by atoms with Gasteiger partial charge in [0, 0.05) is 32.1 Å². The number of fused-ring (bicyclic) bond motifs is 1. The summed E-state index contributed by atoms with van der Waals surface area (Å²) in [5, 5.41) is 9.33. The van der Waals surface area contributed by atoms with Gasteiger partial charge in [-0.1, -0.05) is 0 Å². The van der Waals surface area contributed by atoms with Crippen LogP contribution in [0.3, 0.4) is 0 Å². The van der Waals surface area contributed by atoms with Crippen molar-refractivity contribution < 1.29 is 5.11 Å². The Balaban J connectivity index is 2.00. The molecule has 19 heavy (non-hydrogen) atoms. The third-order valence-corrected chi connectivity index (χ3v) is 3.58. The molecule has 3 heterocycles. The number of nitrogen functional groups attached to an aromatic ring is 1. The molecule has 4 N–H and O–H groups in total. The largest absolute Gasteiger partial charge is 0.396 e. The number of aliphatic hydroxyl groups is 1. The fourth-order valence-corrected chi connectivity index (χ4v) is 2.60. The molecule has 1 fully saturated rings. The molecule has 2 aromatic heterocycles. The second-order valence-corrected chi connectivity index (χ2v) is 4.89. The smallest absolute Gasteiger partial charge is 0.180 e. The molecule has 1 saturated heterocycles. The minimum atomic E-state index is 0.218. The van der Waals surface area contributed by atoms with Crippen molar-refractivity contribution in [2.45, 2.75) is 12.8 Å². The SMILES string of the molecule is NNc1cn2ccnc2c(N2CCCC(CO)C2)n1. The van der Waals surface area contributed by atoms with Gasteiger partial charge >= 0.3 is 0 Å². The van der Waals surface area contributed by atoms with Crippen molar-refractivity contribution in [1.29, 1.82) is 0 Å². The van der Waals surface area contributed by atoms with Crippen LogP contribution >= 0.6 is 0 Å². The van der Waals surface area contributed by atoms with Crippen LogP contribution in [0.4, 0.5) is 11.6 Å². The molecule has 7 nitrogen and oxygen atoms in total. The van der Waals surface area contributed by atoms with E-state index in [1.807, 2.05) is 10.6 Å². The number of hydrazine groups is 1. The first-order valence-electron chi connectivity index (χ1n) is 6.48. The van der Waals surface area contributed by atoms with Crippen molar-refractivity contribution in [2.24, 2.45) is 11.8 Å². The molecule has 1 aliphatic heterocycles. The molecule has 0 spiro atoms. The van der Waals surface area contributed by atoms with Crippen molar-refractivity contribution in [3.63, 3.8) is 0 Å². The van der Waals surface area contributed by atoms with Gasteiger partial charge in [0.1, 0.15) is 0 Å².